The maximum absolute atomic E-state index is 12.4. The Bertz CT molecular complexity index is 577. The van der Waals surface area contributed by atoms with Crippen LogP contribution in [0.5, 0.6) is 0 Å². The van der Waals surface area contributed by atoms with Crippen molar-refractivity contribution < 1.29 is 14.6 Å². The predicted molar refractivity (Wildman–Crippen MR) is 91.0 cm³/mol. The zero-order chi connectivity index (χ0) is 17.3. The molecule has 1 saturated carbocycles. The van der Waals surface area contributed by atoms with Crippen LogP contribution in [-0.4, -0.2) is 28.2 Å². The van der Waals surface area contributed by atoms with Gasteiger partial charge in [0.1, 0.15) is 5.60 Å². The number of aliphatic hydroxyl groups is 1. The molecular weight excluding hydrogens is 288 g/mol. The first-order valence-corrected chi connectivity index (χ1v) is 8.75. The highest BCUT2D eigenvalue weighted by molar-refractivity contribution is 5.95. The number of allylic oxidation sites excluding steroid dienone is 2. The van der Waals surface area contributed by atoms with Gasteiger partial charge in [0.25, 0.3) is 0 Å². The monoisotopic (exact) mass is 318 g/mol. The number of hydrogen-bond acceptors (Lipinski definition) is 3. The van der Waals surface area contributed by atoms with Crippen LogP contribution in [0.1, 0.15) is 53.9 Å². The molecule has 0 bridgehead atoms. The summed E-state index contributed by atoms with van der Waals surface area (Å²) >= 11 is 0. The van der Waals surface area contributed by atoms with Crippen LogP contribution in [0.15, 0.2) is 24.8 Å². The molecule has 0 radical (unpaired) electrons. The van der Waals surface area contributed by atoms with E-state index in [1.165, 1.54) is 0 Å². The fourth-order valence-corrected chi connectivity index (χ4v) is 5.66. The minimum absolute atomic E-state index is 0.131. The van der Waals surface area contributed by atoms with E-state index in [4.69, 9.17) is 4.74 Å². The van der Waals surface area contributed by atoms with Gasteiger partial charge in [-0.1, -0.05) is 32.9 Å². The molecule has 0 amide bonds. The molecule has 0 aromatic heterocycles. The summed E-state index contributed by atoms with van der Waals surface area (Å²) in [6.45, 7) is 14.3. The van der Waals surface area contributed by atoms with Gasteiger partial charge in [-0.3, -0.25) is 4.79 Å². The van der Waals surface area contributed by atoms with E-state index in [2.05, 4.69) is 40.3 Å². The Hall–Kier alpha value is -0.930. The molecule has 1 N–H and O–H groups in total. The number of ether oxygens (including phenoxy) is 1. The highest BCUT2D eigenvalue weighted by atomic mass is 16.5. The third kappa shape index (κ3) is 2.12. The minimum Gasteiger partial charge on any atom is -0.390 e. The van der Waals surface area contributed by atoms with E-state index in [0.29, 0.717) is 6.42 Å². The van der Waals surface area contributed by atoms with E-state index in [9.17, 15) is 9.90 Å². The molecule has 3 aliphatic rings. The van der Waals surface area contributed by atoms with Crippen molar-refractivity contribution in [3.8, 4) is 0 Å². The third-order valence-electron chi connectivity index (χ3n) is 7.25. The molecule has 0 unspecified atom stereocenters. The lowest BCUT2D eigenvalue weighted by atomic mass is 9.46. The van der Waals surface area contributed by atoms with E-state index in [-0.39, 0.29) is 34.1 Å². The average molecular weight is 318 g/mol. The van der Waals surface area contributed by atoms with Crippen LogP contribution >= 0.6 is 0 Å². The van der Waals surface area contributed by atoms with E-state index in [1.807, 2.05) is 6.92 Å². The van der Waals surface area contributed by atoms with Crippen LogP contribution < -0.4 is 0 Å². The van der Waals surface area contributed by atoms with E-state index in [1.54, 1.807) is 12.2 Å². The number of carbonyl (C=O) groups is 1. The van der Waals surface area contributed by atoms with Gasteiger partial charge in [-0.25, -0.2) is 0 Å². The van der Waals surface area contributed by atoms with Crippen LogP contribution in [-0.2, 0) is 9.53 Å². The molecular formula is C20H30O3. The predicted octanol–water partition coefficient (Wildman–Crippen LogP) is 3.67. The lowest BCUT2D eigenvalue weighted by Crippen LogP contribution is -2.65. The van der Waals surface area contributed by atoms with Crippen molar-refractivity contribution in [1.29, 1.82) is 0 Å². The first-order chi connectivity index (χ1) is 10.5. The first-order valence-electron chi connectivity index (χ1n) is 8.75. The van der Waals surface area contributed by atoms with Crippen molar-refractivity contribution in [2.75, 3.05) is 0 Å². The number of hydrogen-bond donors (Lipinski definition) is 1. The third-order valence-corrected chi connectivity index (χ3v) is 7.25. The second-order valence-electron chi connectivity index (χ2n) is 8.98. The SMILES string of the molecule is C=C[C@]1(C)O[C@@]2(C)CC[C@@H]3C(C)(C)C(=O)C=C[C@@]3(C)[C@@H]2C[C@H]1O. The van der Waals surface area contributed by atoms with Crippen molar-refractivity contribution in [2.45, 2.75) is 71.2 Å². The van der Waals surface area contributed by atoms with Gasteiger partial charge in [-0.05, 0) is 56.4 Å². The second kappa shape index (κ2) is 4.80. The molecule has 1 saturated heterocycles. The fourth-order valence-electron chi connectivity index (χ4n) is 5.66. The molecule has 1 aliphatic heterocycles. The largest absolute Gasteiger partial charge is 0.390 e. The van der Waals surface area contributed by atoms with Crippen LogP contribution in [0.25, 0.3) is 0 Å². The molecule has 2 fully saturated rings. The van der Waals surface area contributed by atoms with Crippen LogP contribution in [0, 0.1) is 22.7 Å². The Morgan fingerprint density at radius 2 is 1.91 bits per heavy atom. The van der Waals surface area contributed by atoms with Crippen LogP contribution in [0.2, 0.25) is 0 Å². The molecule has 0 aromatic carbocycles. The summed E-state index contributed by atoms with van der Waals surface area (Å²) in [5, 5.41) is 10.7. The van der Waals surface area contributed by atoms with Crippen molar-refractivity contribution in [3.63, 3.8) is 0 Å². The van der Waals surface area contributed by atoms with E-state index < -0.39 is 11.7 Å². The molecule has 3 rings (SSSR count). The minimum atomic E-state index is -0.696. The molecule has 0 aromatic rings. The summed E-state index contributed by atoms with van der Waals surface area (Å²) in [5.41, 5.74) is -1.48. The van der Waals surface area contributed by atoms with E-state index in [0.717, 1.165) is 12.8 Å². The van der Waals surface area contributed by atoms with Gasteiger partial charge in [0, 0.05) is 5.41 Å². The summed E-state index contributed by atoms with van der Waals surface area (Å²) in [7, 11) is 0. The summed E-state index contributed by atoms with van der Waals surface area (Å²) in [5.74, 6) is 0.701. The maximum atomic E-state index is 12.4. The van der Waals surface area contributed by atoms with Crippen LogP contribution in [0.4, 0.5) is 0 Å². The zero-order valence-corrected chi connectivity index (χ0v) is 15.1. The highest BCUT2D eigenvalue weighted by Gasteiger charge is 2.63. The Morgan fingerprint density at radius 3 is 2.52 bits per heavy atom. The first kappa shape index (κ1) is 16.9. The molecule has 2 aliphatic carbocycles. The Balaban J connectivity index is 2.06. The number of ketones is 1. The maximum Gasteiger partial charge on any atom is 0.161 e. The normalized spacial score (nSPS) is 51.7. The van der Waals surface area contributed by atoms with Crippen molar-refractivity contribution in [3.05, 3.63) is 24.8 Å². The van der Waals surface area contributed by atoms with Gasteiger partial charge >= 0.3 is 0 Å². The summed E-state index contributed by atoms with van der Waals surface area (Å²) in [6.07, 6.45) is 7.59. The fraction of sp³-hybridized carbons (Fsp3) is 0.750. The average Bonchev–Trinajstić information content (AvgIpc) is 2.46. The Labute approximate surface area is 139 Å². The Kier molecular flexibility index (Phi) is 3.53. The lowest BCUT2D eigenvalue weighted by Gasteiger charge is -2.63. The summed E-state index contributed by atoms with van der Waals surface area (Å²) in [6, 6.07) is 0. The molecule has 6 atom stereocenters. The van der Waals surface area contributed by atoms with Crippen molar-refractivity contribution in [2.24, 2.45) is 22.7 Å². The second-order valence-corrected chi connectivity index (χ2v) is 8.98. The van der Waals surface area contributed by atoms with Gasteiger partial charge < -0.3 is 9.84 Å². The van der Waals surface area contributed by atoms with Crippen LogP contribution in [0.3, 0.4) is 0 Å². The van der Waals surface area contributed by atoms with Gasteiger partial charge in [0.05, 0.1) is 11.7 Å². The molecule has 23 heavy (non-hydrogen) atoms. The smallest absolute Gasteiger partial charge is 0.161 e. The summed E-state index contributed by atoms with van der Waals surface area (Å²) in [4.78, 5) is 12.4. The highest BCUT2D eigenvalue weighted by Crippen LogP contribution is 2.63. The molecule has 1 heterocycles. The molecule has 3 nitrogen and oxygen atoms in total. The standard InChI is InChI=1S/C20H30O3/c1-7-19(5)16(22)12-14-18(4)10-9-15(21)17(2,3)13(18)8-11-20(14,6)23-19/h7,9-10,13-14,16,22H,1,8,11-12H2,2-6H3/t13-,14+,16-,18-,19+,20+/m1/s1. The van der Waals surface area contributed by atoms with Crippen molar-refractivity contribution in [1.82, 2.24) is 0 Å². The number of aliphatic hydroxyl groups excluding tert-OH is 1. The quantitative estimate of drug-likeness (QED) is 0.750. The lowest BCUT2D eigenvalue weighted by molar-refractivity contribution is -0.268. The zero-order valence-electron chi connectivity index (χ0n) is 15.1. The van der Waals surface area contributed by atoms with Gasteiger partial charge in [-0.2, -0.15) is 0 Å². The number of fused-ring (bicyclic) bond motifs is 3. The van der Waals surface area contributed by atoms with E-state index >= 15 is 0 Å². The van der Waals surface area contributed by atoms with Gasteiger partial charge in [0.15, 0.2) is 5.78 Å². The topological polar surface area (TPSA) is 46.5 Å². The van der Waals surface area contributed by atoms with Crippen molar-refractivity contribution >= 4 is 5.78 Å². The molecule has 128 valence electrons. The summed E-state index contributed by atoms with van der Waals surface area (Å²) < 4.78 is 6.45. The molecule has 3 heteroatoms. The molecule has 0 spiro atoms. The van der Waals surface area contributed by atoms with Gasteiger partial charge in [0.2, 0.25) is 0 Å². The van der Waals surface area contributed by atoms with Gasteiger partial charge in [-0.15, -0.1) is 6.58 Å². The number of carbonyl (C=O) groups excluding carboxylic acids is 1. The number of rotatable bonds is 1. The Morgan fingerprint density at radius 1 is 1.26 bits per heavy atom.